The fourth-order valence-electron chi connectivity index (χ4n) is 9.50. The predicted molar refractivity (Wildman–Crippen MR) is 251 cm³/mol. The van der Waals surface area contributed by atoms with E-state index in [-0.39, 0.29) is 35.4 Å². The average molecular weight is 922 g/mol. The number of hydrogen-bond donors (Lipinski definition) is 2. The number of fused-ring (bicyclic) bond motifs is 2. The lowest BCUT2D eigenvalue weighted by molar-refractivity contribution is -0.386. The highest BCUT2D eigenvalue weighted by molar-refractivity contribution is 7.90. The van der Waals surface area contributed by atoms with E-state index in [9.17, 15) is 23.3 Å². The number of anilines is 1. The van der Waals surface area contributed by atoms with Gasteiger partial charge in [-0.3, -0.25) is 19.8 Å². The zero-order chi connectivity index (χ0) is 45.5. The number of H-pyrrole nitrogens is 1. The number of pyridine rings is 1. The maximum absolute atomic E-state index is 14.2. The maximum atomic E-state index is 14.2. The van der Waals surface area contributed by atoms with Crippen molar-refractivity contribution in [2.75, 3.05) is 51.3 Å². The molecule has 3 aromatic carbocycles. The van der Waals surface area contributed by atoms with Crippen LogP contribution < -0.4 is 14.4 Å². The Hall–Kier alpha value is -5.81. The van der Waals surface area contributed by atoms with Crippen molar-refractivity contribution in [3.63, 3.8) is 0 Å². The number of carbonyl (C=O) groups excluding carboxylic acids is 1. The third kappa shape index (κ3) is 9.62. The van der Waals surface area contributed by atoms with Crippen LogP contribution in [0.3, 0.4) is 0 Å². The Morgan fingerprint density at radius 3 is 2.51 bits per heavy atom. The predicted octanol–water partition coefficient (Wildman–Crippen LogP) is 8.95. The van der Waals surface area contributed by atoms with E-state index in [1.807, 2.05) is 36.4 Å². The van der Waals surface area contributed by atoms with Crippen molar-refractivity contribution in [1.29, 1.82) is 0 Å². The number of aromatic nitrogens is 4. The molecule has 340 valence electrons. The molecule has 1 saturated heterocycles. The van der Waals surface area contributed by atoms with Crippen LogP contribution >= 0.6 is 11.6 Å². The van der Waals surface area contributed by atoms with Crippen LogP contribution in [0.15, 0.2) is 95.7 Å². The highest BCUT2D eigenvalue weighted by Gasteiger charge is 2.31. The average Bonchev–Trinajstić information content (AvgIpc) is 3.94. The van der Waals surface area contributed by atoms with Crippen molar-refractivity contribution in [3.8, 4) is 11.4 Å². The molecular formula is C48H53ClN8O7S. The summed E-state index contributed by atoms with van der Waals surface area (Å²) < 4.78 is 42.8. The second-order valence-electron chi connectivity index (χ2n) is 18.3. The molecular weight excluding hydrogens is 868 g/mol. The van der Waals surface area contributed by atoms with Crippen LogP contribution in [0.1, 0.15) is 74.7 Å². The van der Waals surface area contributed by atoms with Gasteiger partial charge in [0.1, 0.15) is 11.2 Å². The van der Waals surface area contributed by atoms with Crippen molar-refractivity contribution in [2.24, 2.45) is 11.3 Å². The quantitative estimate of drug-likeness (QED) is 0.0835. The summed E-state index contributed by atoms with van der Waals surface area (Å²) in [6.45, 7) is 8.91. The van der Waals surface area contributed by atoms with E-state index in [0.29, 0.717) is 22.4 Å². The van der Waals surface area contributed by atoms with Crippen molar-refractivity contribution < 1.29 is 27.6 Å². The van der Waals surface area contributed by atoms with E-state index in [1.54, 1.807) is 30.3 Å². The second kappa shape index (κ2) is 18.2. The monoisotopic (exact) mass is 920 g/mol. The molecule has 15 nitrogen and oxygen atoms in total. The van der Waals surface area contributed by atoms with Gasteiger partial charge in [0.25, 0.3) is 15.9 Å². The molecule has 17 heteroatoms. The third-order valence-electron chi connectivity index (χ3n) is 13.3. The smallest absolute Gasteiger partial charge is 0.312 e. The van der Waals surface area contributed by atoms with Gasteiger partial charge < -0.3 is 19.4 Å². The van der Waals surface area contributed by atoms with Crippen LogP contribution in [-0.2, 0) is 14.8 Å². The number of carbonyl (C=O) groups is 1. The number of rotatable bonds is 13. The molecule has 6 aromatic rings. The Morgan fingerprint density at radius 1 is 1.00 bits per heavy atom. The van der Waals surface area contributed by atoms with Crippen molar-refractivity contribution in [1.82, 2.24) is 29.4 Å². The first-order valence-corrected chi connectivity index (χ1v) is 24.0. The van der Waals surface area contributed by atoms with Gasteiger partial charge in [-0.2, -0.15) is 5.10 Å². The van der Waals surface area contributed by atoms with Gasteiger partial charge in [-0.15, -0.1) is 0 Å². The van der Waals surface area contributed by atoms with Crippen LogP contribution in [0.25, 0.3) is 33.3 Å². The minimum atomic E-state index is -4.60. The number of nitrogens with one attached hydrogen (secondary N) is 2. The maximum Gasteiger partial charge on any atom is 0.312 e. The van der Waals surface area contributed by atoms with Gasteiger partial charge >= 0.3 is 5.69 Å². The summed E-state index contributed by atoms with van der Waals surface area (Å²) in [5.41, 5.74) is 6.93. The number of allylic oxidation sites excluding steroid dienone is 1. The molecule has 0 atom stereocenters. The molecule has 9 rings (SSSR count). The van der Waals surface area contributed by atoms with Crippen molar-refractivity contribution in [3.05, 3.63) is 117 Å². The fourth-order valence-corrected chi connectivity index (χ4v) is 10.6. The summed E-state index contributed by atoms with van der Waals surface area (Å²) in [4.78, 5) is 37.9. The number of benzene rings is 3. The number of hydrogen-bond acceptors (Lipinski definition) is 11. The molecule has 2 aliphatic carbocycles. The summed E-state index contributed by atoms with van der Waals surface area (Å²) in [6.07, 6.45) is 10.2. The number of halogens is 1. The molecule has 65 heavy (non-hydrogen) atoms. The summed E-state index contributed by atoms with van der Waals surface area (Å²) >= 11 is 6.26. The van der Waals surface area contributed by atoms with E-state index in [0.717, 1.165) is 99.8 Å². The number of ether oxygens (including phenoxy) is 2. The van der Waals surface area contributed by atoms with Gasteiger partial charge in [0.2, 0.25) is 0 Å². The number of nitro benzene ring substituents is 1. The van der Waals surface area contributed by atoms with Crippen LogP contribution in [0.2, 0.25) is 5.02 Å². The van der Waals surface area contributed by atoms with E-state index in [2.05, 4.69) is 50.6 Å². The minimum absolute atomic E-state index is 0.0367. The van der Waals surface area contributed by atoms with E-state index < -0.39 is 31.4 Å². The Kier molecular flexibility index (Phi) is 12.4. The van der Waals surface area contributed by atoms with Crippen LogP contribution in [0.4, 0.5) is 11.4 Å². The van der Waals surface area contributed by atoms with Gasteiger partial charge in [-0.25, -0.2) is 22.8 Å². The van der Waals surface area contributed by atoms with E-state index in [1.165, 1.54) is 28.8 Å². The molecule has 0 spiro atoms. The number of aromatic amines is 1. The molecule has 0 unspecified atom stereocenters. The normalized spacial score (nSPS) is 19.5. The Morgan fingerprint density at radius 2 is 1.77 bits per heavy atom. The summed E-state index contributed by atoms with van der Waals surface area (Å²) in [7, 11) is -2.91. The molecule has 1 aliphatic heterocycles. The molecule has 4 heterocycles. The molecule has 2 N–H and O–H groups in total. The second-order valence-corrected chi connectivity index (χ2v) is 20.4. The standard InChI is InChI=1S/C48H53ClN8O7S/c1-48(2)18-16-34(40(27-48)32-6-8-35(49)9-7-32)29-54-20-22-55(23-21-54)36-10-14-39(42(25-36)56-43-24-33-17-19-50-46(33)52-41(43)28-51-56)47(58)53-65(61,62)38-13-15-45(44(26-38)57(59)60)64-30-31-4-11-37(63-3)12-5-31/h6-10,13-15,17,19,24-26,28,31,37H,4-5,11-12,16,18,20-23,27,29-30H2,1-3H3,(H,50,52)(H,53,58). The summed E-state index contributed by atoms with van der Waals surface area (Å²) in [5, 5.41) is 18.4. The molecule has 1 saturated carbocycles. The Bertz CT molecular complexity index is 2900. The fraction of sp³-hybridized carbons (Fsp3) is 0.396. The number of sulfonamides is 1. The molecule has 3 aromatic heterocycles. The van der Waals surface area contributed by atoms with E-state index >= 15 is 0 Å². The first-order valence-electron chi connectivity index (χ1n) is 22.2. The van der Waals surface area contributed by atoms with Gasteiger partial charge in [-0.1, -0.05) is 43.2 Å². The number of methoxy groups -OCH3 is 1. The molecule has 0 radical (unpaired) electrons. The van der Waals surface area contributed by atoms with Gasteiger partial charge in [0, 0.05) is 68.2 Å². The number of amides is 1. The molecule has 2 fully saturated rings. The zero-order valence-electron chi connectivity index (χ0n) is 36.8. The van der Waals surface area contributed by atoms with Crippen molar-refractivity contribution in [2.45, 2.75) is 69.8 Å². The first kappa shape index (κ1) is 44.4. The molecule has 0 bridgehead atoms. The van der Waals surface area contributed by atoms with Crippen LogP contribution in [0.5, 0.6) is 5.75 Å². The van der Waals surface area contributed by atoms with Gasteiger partial charge in [0.15, 0.2) is 5.75 Å². The van der Waals surface area contributed by atoms with E-state index in [4.69, 9.17) is 26.1 Å². The lowest BCUT2D eigenvalue weighted by atomic mass is 9.72. The molecule has 1 amide bonds. The lowest BCUT2D eigenvalue weighted by Gasteiger charge is -2.39. The first-order chi connectivity index (χ1) is 31.2. The minimum Gasteiger partial charge on any atom is -0.487 e. The topological polar surface area (TPSA) is 178 Å². The van der Waals surface area contributed by atoms with Crippen LogP contribution in [-0.4, -0.2) is 96.4 Å². The Balaban J connectivity index is 0.963. The number of nitrogens with zero attached hydrogens (tertiary/aromatic N) is 6. The number of piperazine rings is 1. The largest absolute Gasteiger partial charge is 0.487 e. The number of nitro groups is 1. The summed E-state index contributed by atoms with van der Waals surface area (Å²) in [5.74, 6) is -0.773. The third-order valence-corrected chi connectivity index (χ3v) is 14.9. The zero-order valence-corrected chi connectivity index (χ0v) is 38.3. The Labute approximate surface area is 382 Å². The van der Waals surface area contributed by atoms with Crippen molar-refractivity contribution >= 4 is 66.5 Å². The van der Waals surface area contributed by atoms with Gasteiger partial charge in [-0.05, 0) is 122 Å². The summed E-state index contributed by atoms with van der Waals surface area (Å²) in [6, 6.07) is 20.7. The molecule has 3 aliphatic rings. The SMILES string of the molecule is COC1CCC(COc2ccc(S(=O)(=O)NC(=O)c3ccc(N4CCN(CC5=C(c6ccc(Cl)cc6)CC(C)(C)CC5)CC4)cc3-n3ncc4nc5[nH]ccc5cc43)cc2[N+](=O)[O-])CC1. The lowest BCUT2D eigenvalue weighted by Crippen LogP contribution is -2.47. The highest BCUT2D eigenvalue weighted by Crippen LogP contribution is 2.43. The van der Waals surface area contributed by atoms with Gasteiger partial charge in [0.05, 0.1) is 45.5 Å². The van der Waals surface area contributed by atoms with Crippen LogP contribution in [0, 0.1) is 21.4 Å². The highest BCUT2D eigenvalue weighted by atomic mass is 35.5.